The predicted molar refractivity (Wildman–Crippen MR) is 106 cm³/mol. The number of amides is 2. The molecule has 3 rings (SSSR count). The summed E-state index contributed by atoms with van der Waals surface area (Å²) in [5, 5.41) is 1.45. The van der Waals surface area contributed by atoms with E-state index >= 15 is 0 Å². The summed E-state index contributed by atoms with van der Waals surface area (Å²) in [6.07, 6.45) is -0.296. The Morgan fingerprint density at radius 2 is 2.07 bits per heavy atom. The number of pyridine rings is 1. The van der Waals surface area contributed by atoms with Gasteiger partial charge in [-0.05, 0) is 25.1 Å². The van der Waals surface area contributed by atoms with Crippen LogP contribution in [-0.4, -0.2) is 65.7 Å². The highest BCUT2D eigenvalue weighted by atomic mass is 35.5. The number of fused-ring (bicyclic) bond motifs is 1. The molecule has 6 nitrogen and oxygen atoms in total. The number of hydrogen-bond donors (Lipinski definition) is 0. The summed E-state index contributed by atoms with van der Waals surface area (Å²) < 4.78 is 17.2. The van der Waals surface area contributed by atoms with Crippen LogP contribution in [0.3, 0.4) is 0 Å². The second kappa shape index (κ2) is 8.92. The summed E-state index contributed by atoms with van der Waals surface area (Å²) in [6.45, 7) is 2.47. The van der Waals surface area contributed by atoms with Gasteiger partial charge in [0.1, 0.15) is 5.15 Å². The van der Waals surface area contributed by atoms with Gasteiger partial charge in [-0.25, -0.2) is 9.78 Å². The Hall–Kier alpha value is -2.12. The van der Waals surface area contributed by atoms with E-state index in [4.69, 9.17) is 27.9 Å². The Kier molecular flexibility index (Phi) is 6.57. The maximum absolute atomic E-state index is 12.9. The summed E-state index contributed by atoms with van der Waals surface area (Å²) in [5.74, 6) is -0.155. The number of piperazine rings is 1. The minimum atomic E-state index is -0.526. The number of ether oxygens (including phenoxy) is 1. The molecule has 0 unspecified atom stereocenters. The van der Waals surface area contributed by atoms with Crippen LogP contribution in [0.2, 0.25) is 10.2 Å². The molecule has 0 spiro atoms. The largest absolute Gasteiger partial charge is 0.449 e. The third-order valence-corrected chi connectivity index (χ3v) is 5.13. The average molecular weight is 428 g/mol. The van der Waals surface area contributed by atoms with Crippen molar-refractivity contribution in [2.24, 2.45) is 0 Å². The molecule has 0 aliphatic carbocycles. The maximum atomic E-state index is 12.9. The average Bonchev–Trinajstić information content (AvgIpc) is 2.66. The quantitative estimate of drug-likeness (QED) is 0.542. The van der Waals surface area contributed by atoms with Gasteiger partial charge in [-0.3, -0.25) is 9.18 Å². The molecule has 0 radical (unpaired) electrons. The number of rotatable bonds is 4. The number of nitrogens with zero attached hydrogens (tertiary/aromatic N) is 3. The number of benzene rings is 1. The zero-order valence-electron chi connectivity index (χ0n) is 15.3. The first-order valence-electron chi connectivity index (χ1n) is 8.95. The molecule has 0 saturated carbocycles. The standard InChI is InChI=1S/C19H20Cl2FN3O3/c1-12-11-24(6-7-25(12)19(27)28-8-2-5-22)18(26)13-3-4-14-15(20)10-17(21)23-16(14)9-13/h3-4,9-10,12H,2,5-8,11H2,1H3/t12-/m1/s1. The van der Waals surface area contributed by atoms with Gasteiger partial charge in [0.25, 0.3) is 5.91 Å². The Morgan fingerprint density at radius 3 is 2.79 bits per heavy atom. The zero-order valence-corrected chi connectivity index (χ0v) is 16.8. The lowest BCUT2D eigenvalue weighted by atomic mass is 10.1. The molecule has 1 aliphatic heterocycles. The fourth-order valence-corrected chi connectivity index (χ4v) is 3.70. The van der Waals surface area contributed by atoms with Crippen molar-refractivity contribution < 1.29 is 18.7 Å². The molecule has 2 amide bonds. The van der Waals surface area contributed by atoms with Crippen LogP contribution in [0.1, 0.15) is 23.7 Å². The summed E-state index contributed by atoms with van der Waals surface area (Å²) >= 11 is 12.1. The minimum absolute atomic E-state index is 0.0520. The van der Waals surface area contributed by atoms with Gasteiger partial charge in [-0.1, -0.05) is 29.3 Å². The molecule has 9 heteroatoms. The number of halogens is 3. The van der Waals surface area contributed by atoms with Gasteiger partial charge in [-0.2, -0.15) is 0 Å². The van der Waals surface area contributed by atoms with Crippen LogP contribution in [-0.2, 0) is 4.74 Å². The molecule has 0 bridgehead atoms. The Morgan fingerprint density at radius 1 is 1.29 bits per heavy atom. The second-order valence-corrected chi connectivity index (χ2v) is 7.40. The van der Waals surface area contributed by atoms with Crippen molar-refractivity contribution in [3.8, 4) is 0 Å². The van der Waals surface area contributed by atoms with Crippen LogP contribution in [0, 0.1) is 0 Å². The summed E-state index contributed by atoms with van der Waals surface area (Å²) in [5.41, 5.74) is 1.02. The molecule has 1 fully saturated rings. The van der Waals surface area contributed by atoms with E-state index in [0.29, 0.717) is 35.7 Å². The molecule has 1 aliphatic rings. The van der Waals surface area contributed by atoms with Gasteiger partial charge in [-0.15, -0.1) is 0 Å². The molecular formula is C19H20Cl2FN3O3. The first kappa shape index (κ1) is 20.6. The number of carbonyl (C=O) groups excluding carboxylic acids is 2. The lowest BCUT2D eigenvalue weighted by Gasteiger charge is -2.39. The predicted octanol–water partition coefficient (Wildman–Crippen LogP) is 4.18. The summed E-state index contributed by atoms with van der Waals surface area (Å²) in [6, 6.07) is 6.46. The third kappa shape index (κ3) is 4.47. The van der Waals surface area contributed by atoms with Crippen LogP contribution in [0.5, 0.6) is 0 Å². The van der Waals surface area contributed by atoms with E-state index < -0.39 is 12.8 Å². The number of hydrogen-bond acceptors (Lipinski definition) is 4. The fraction of sp³-hybridized carbons (Fsp3) is 0.421. The minimum Gasteiger partial charge on any atom is -0.449 e. The second-order valence-electron chi connectivity index (χ2n) is 6.61. The zero-order chi connectivity index (χ0) is 20.3. The van der Waals surface area contributed by atoms with E-state index in [9.17, 15) is 14.0 Å². The lowest BCUT2D eigenvalue weighted by molar-refractivity contribution is 0.0405. The SMILES string of the molecule is C[C@@H]1CN(C(=O)c2ccc3c(Cl)cc(Cl)nc3c2)CCN1C(=O)OCCCF. The molecule has 2 aromatic rings. The van der Waals surface area contributed by atoms with Crippen LogP contribution in [0.15, 0.2) is 24.3 Å². The Labute approximate surface area is 172 Å². The van der Waals surface area contributed by atoms with Crippen molar-refractivity contribution in [2.75, 3.05) is 32.9 Å². The van der Waals surface area contributed by atoms with E-state index in [1.807, 2.05) is 6.92 Å². The fourth-order valence-electron chi connectivity index (χ4n) is 3.18. The molecular weight excluding hydrogens is 408 g/mol. The van der Waals surface area contributed by atoms with Gasteiger partial charge in [0.2, 0.25) is 0 Å². The van der Waals surface area contributed by atoms with Crippen molar-refractivity contribution in [2.45, 2.75) is 19.4 Å². The van der Waals surface area contributed by atoms with Crippen molar-refractivity contribution >= 4 is 46.1 Å². The van der Waals surface area contributed by atoms with E-state index in [2.05, 4.69) is 4.98 Å². The Bertz CT molecular complexity index is 896. The van der Waals surface area contributed by atoms with Crippen molar-refractivity contribution in [1.29, 1.82) is 0 Å². The van der Waals surface area contributed by atoms with E-state index in [1.54, 1.807) is 34.1 Å². The summed E-state index contributed by atoms with van der Waals surface area (Å²) in [4.78, 5) is 32.5. The van der Waals surface area contributed by atoms with Gasteiger partial charge >= 0.3 is 6.09 Å². The van der Waals surface area contributed by atoms with E-state index in [-0.39, 0.29) is 30.1 Å². The topological polar surface area (TPSA) is 62.7 Å². The van der Waals surface area contributed by atoms with E-state index in [1.165, 1.54) is 0 Å². The molecule has 1 aromatic heterocycles. The van der Waals surface area contributed by atoms with Crippen LogP contribution >= 0.6 is 23.2 Å². The van der Waals surface area contributed by atoms with E-state index in [0.717, 1.165) is 5.39 Å². The summed E-state index contributed by atoms with van der Waals surface area (Å²) in [7, 11) is 0. The number of aromatic nitrogens is 1. The molecule has 150 valence electrons. The third-order valence-electron chi connectivity index (χ3n) is 4.63. The molecule has 1 atom stereocenters. The number of carbonyl (C=O) groups is 2. The van der Waals surface area contributed by atoms with Crippen LogP contribution in [0.25, 0.3) is 10.9 Å². The first-order valence-corrected chi connectivity index (χ1v) is 9.70. The normalized spacial score (nSPS) is 17.1. The molecule has 1 saturated heterocycles. The lowest BCUT2D eigenvalue weighted by Crippen LogP contribution is -2.55. The van der Waals surface area contributed by atoms with Gasteiger partial charge in [0.05, 0.1) is 23.8 Å². The highest BCUT2D eigenvalue weighted by Gasteiger charge is 2.31. The van der Waals surface area contributed by atoms with Crippen molar-refractivity contribution in [3.63, 3.8) is 0 Å². The van der Waals surface area contributed by atoms with Gasteiger partial charge in [0, 0.05) is 43.0 Å². The first-order chi connectivity index (χ1) is 13.4. The smallest absolute Gasteiger partial charge is 0.410 e. The molecule has 1 aromatic carbocycles. The molecule has 0 N–H and O–H groups in total. The van der Waals surface area contributed by atoms with Crippen LogP contribution < -0.4 is 0 Å². The maximum Gasteiger partial charge on any atom is 0.410 e. The molecule has 28 heavy (non-hydrogen) atoms. The van der Waals surface area contributed by atoms with Crippen LogP contribution in [0.4, 0.5) is 9.18 Å². The number of alkyl halides is 1. The highest BCUT2D eigenvalue weighted by molar-refractivity contribution is 6.37. The van der Waals surface area contributed by atoms with Crippen molar-refractivity contribution in [3.05, 3.63) is 40.0 Å². The van der Waals surface area contributed by atoms with Crippen molar-refractivity contribution in [1.82, 2.24) is 14.8 Å². The highest BCUT2D eigenvalue weighted by Crippen LogP contribution is 2.26. The van der Waals surface area contributed by atoms with Gasteiger partial charge in [0.15, 0.2) is 0 Å². The monoisotopic (exact) mass is 427 g/mol. The van der Waals surface area contributed by atoms with Gasteiger partial charge < -0.3 is 14.5 Å². The molecule has 2 heterocycles. The Balaban J connectivity index is 1.69.